The number of nitrogens with one attached hydrogen (secondary N) is 1. The molecule has 0 aromatic heterocycles. The number of nitrogens with zero attached hydrogens (tertiary/aromatic N) is 1. The van der Waals surface area contributed by atoms with Crippen molar-refractivity contribution in [3.05, 3.63) is 0 Å². The van der Waals surface area contributed by atoms with E-state index in [1.165, 1.54) is 0 Å². The van der Waals surface area contributed by atoms with Gasteiger partial charge in [0.1, 0.15) is 11.8 Å². The third-order valence-electron chi connectivity index (χ3n) is 2.28. The van der Waals surface area contributed by atoms with Crippen LogP contribution in [0.4, 0.5) is 9.18 Å². The average molecular weight is 252 g/mol. The van der Waals surface area contributed by atoms with E-state index in [1.54, 1.807) is 20.8 Å². The molecular formula is C12H23FN2O2. The zero-order valence-corrected chi connectivity index (χ0v) is 10.3. The van der Waals surface area contributed by atoms with Crippen molar-refractivity contribution in [1.29, 1.82) is 0 Å². The molecule has 0 unspecified atom stereocenters. The Balaban J connectivity index is 2.77. The fourth-order valence-corrected chi connectivity index (χ4v) is 1.61. The van der Waals surface area contributed by atoms with Crippen LogP contribution in [0, 0.1) is 0 Å². The quantitative estimate of drug-likeness (QED) is 0.816. The topological polar surface area (TPSA) is 41.6 Å². The number of hydrogen-bond acceptors (Lipinski definition) is 3. The highest BCUT2D eigenvalue weighted by Crippen LogP contribution is 2.18. The van der Waals surface area contributed by atoms with Crippen molar-refractivity contribution in [1.82, 2.24) is 10.2 Å². The molecule has 0 spiro atoms. The lowest BCUT2D eigenvalue weighted by atomic mass is 10.2. The molecule has 17 heavy (non-hydrogen) atoms. The molecule has 1 aliphatic heterocycles. The molecule has 0 radical (unpaired) electrons. The fraction of sp³-hybridized carbons (Fsp3) is 0.917. The third-order valence-corrected chi connectivity index (χ3v) is 2.28. The predicted octanol–water partition coefficient (Wildman–Crippen LogP) is 1.94. The first-order valence-corrected chi connectivity index (χ1v) is 5.49. The van der Waals surface area contributed by atoms with Crippen molar-refractivity contribution in [2.75, 3.05) is 13.1 Å². The van der Waals surface area contributed by atoms with Gasteiger partial charge in [-0.3, -0.25) is 0 Å². The Morgan fingerprint density at radius 2 is 2.18 bits per heavy atom. The zero-order valence-electron chi connectivity index (χ0n) is 16.3. The van der Waals surface area contributed by atoms with Crippen molar-refractivity contribution < 1.29 is 22.1 Å². The van der Waals surface area contributed by atoms with Gasteiger partial charge in [0.15, 0.2) is 0 Å². The SMILES string of the molecule is [2H]C([2H])([2H])C(N[C@H]1CN(C(=O)OC(C)(C)C)C[C@@H]1F)C([2H])([2H])[2H]. The molecule has 4 nitrogen and oxygen atoms in total. The lowest BCUT2D eigenvalue weighted by Gasteiger charge is -2.24. The van der Waals surface area contributed by atoms with Gasteiger partial charge in [0.25, 0.3) is 0 Å². The van der Waals surface area contributed by atoms with E-state index in [1.807, 2.05) is 0 Å². The highest BCUT2D eigenvalue weighted by Gasteiger charge is 2.37. The zero-order chi connectivity index (χ0) is 18.2. The summed E-state index contributed by atoms with van der Waals surface area (Å²) in [5.74, 6) is 0. The van der Waals surface area contributed by atoms with E-state index in [-0.39, 0.29) is 13.1 Å². The minimum Gasteiger partial charge on any atom is -0.444 e. The van der Waals surface area contributed by atoms with Crippen LogP contribution in [-0.4, -0.2) is 47.9 Å². The molecule has 1 amide bonds. The lowest BCUT2D eigenvalue weighted by molar-refractivity contribution is 0.0282. The second-order valence-corrected chi connectivity index (χ2v) is 5.11. The molecule has 100 valence electrons. The van der Waals surface area contributed by atoms with Gasteiger partial charge in [-0.1, -0.05) is 13.7 Å². The number of likely N-dealkylation sites (tertiary alicyclic amines) is 1. The number of hydrogen-bond donors (Lipinski definition) is 1. The minimum absolute atomic E-state index is 0.154. The first-order chi connectivity index (χ1) is 10.1. The van der Waals surface area contributed by atoms with Crippen LogP contribution < -0.4 is 5.32 Å². The minimum atomic E-state index is -2.82. The summed E-state index contributed by atoms with van der Waals surface area (Å²) in [7, 11) is 0. The number of amides is 1. The van der Waals surface area contributed by atoms with Gasteiger partial charge in [-0.05, 0) is 20.8 Å². The van der Waals surface area contributed by atoms with Crippen LogP contribution in [0.5, 0.6) is 0 Å². The van der Waals surface area contributed by atoms with Gasteiger partial charge in [0.2, 0.25) is 0 Å². The molecule has 1 saturated heterocycles. The van der Waals surface area contributed by atoms with Crippen LogP contribution in [-0.2, 0) is 4.74 Å². The highest BCUT2D eigenvalue weighted by molar-refractivity contribution is 5.68. The van der Waals surface area contributed by atoms with Crippen LogP contribution >= 0.6 is 0 Å². The normalized spacial score (nSPS) is 32.2. The van der Waals surface area contributed by atoms with Gasteiger partial charge >= 0.3 is 6.09 Å². The molecule has 5 heteroatoms. The Hall–Kier alpha value is -0.840. The molecule has 1 N–H and O–H groups in total. The molecule has 1 rings (SSSR count). The Morgan fingerprint density at radius 1 is 1.53 bits per heavy atom. The smallest absolute Gasteiger partial charge is 0.410 e. The van der Waals surface area contributed by atoms with E-state index in [9.17, 15) is 9.18 Å². The average Bonchev–Trinajstić information content (AvgIpc) is 2.62. The Morgan fingerprint density at radius 3 is 2.71 bits per heavy atom. The van der Waals surface area contributed by atoms with E-state index in [4.69, 9.17) is 13.0 Å². The first kappa shape index (κ1) is 7.56. The van der Waals surface area contributed by atoms with E-state index in [0.29, 0.717) is 0 Å². The summed E-state index contributed by atoms with van der Waals surface area (Å²) in [4.78, 5) is 13.0. The summed E-state index contributed by atoms with van der Waals surface area (Å²) >= 11 is 0. The first-order valence-electron chi connectivity index (χ1n) is 8.49. The summed E-state index contributed by atoms with van der Waals surface area (Å²) in [6.07, 6.45) is -2.29. The van der Waals surface area contributed by atoms with Crippen molar-refractivity contribution in [2.24, 2.45) is 0 Å². The standard InChI is InChI=1S/C12H23FN2O2/c1-8(2)14-10-7-15(6-9(10)13)11(16)17-12(3,4)5/h8-10,14H,6-7H2,1-5H3/t9-,10-/m0/s1/i1D3,2D3. The maximum Gasteiger partial charge on any atom is 0.410 e. The summed E-state index contributed by atoms with van der Waals surface area (Å²) in [6.45, 7) is -1.05. The van der Waals surface area contributed by atoms with Crippen molar-refractivity contribution in [3.8, 4) is 0 Å². The maximum atomic E-state index is 14.1. The Labute approximate surface area is 111 Å². The molecule has 1 fully saturated rings. The number of carbonyl (C=O) groups excluding carboxylic acids is 1. The number of halogens is 1. The fourth-order valence-electron chi connectivity index (χ4n) is 1.61. The number of carbonyl (C=O) groups is 1. The maximum absolute atomic E-state index is 14.1. The van der Waals surface area contributed by atoms with Gasteiger partial charge in [0, 0.05) is 20.8 Å². The van der Waals surface area contributed by atoms with Crippen LogP contribution in [0.15, 0.2) is 0 Å². The summed E-state index contributed by atoms with van der Waals surface area (Å²) in [5.41, 5.74) is -0.742. The molecule has 0 aromatic rings. The van der Waals surface area contributed by atoms with Gasteiger partial charge < -0.3 is 15.0 Å². The van der Waals surface area contributed by atoms with Crippen LogP contribution in [0.25, 0.3) is 0 Å². The molecule has 2 atom stereocenters. The second kappa shape index (κ2) is 5.21. The van der Waals surface area contributed by atoms with E-state index < -0.39 is 43.7 Å². The highest BCUT2D eigenvalue weighted by atomic mass is 19.1. The van der Waals surface area contributed by atoms with Crippen molar-refractivity contribution in [3.63, 3.8) is 0 Å². The number of rotatable bonds is 2. The number of ether oxygens (including phenoxy) is 1. The van der Waals surface area contributed by atoms with E-state index in [2.05, 4.69) is 5.32 Å². The summed E-state index contributed by atoms with van der Waals surface area (Å²) in [6, 6.07) is -2.94. The van der Waals surface area contributed by atoms with Gasteiger partial charge in [-0.2, -0.15) is 0 Å². The molecule has 1 aliphatic rings. The molecular weight excluding hydrogens is 223 g/mol. The molecule has 0 aliphatic carbocycles. The lowest BCUT2D eigenvalue weighted by Crippen LogP contribution is -2.42. The molecule has 1 heterocycles. The number of alkyl halides is 1. The van der Waals surface area contributed by atoms with Crippen LogP contribution in [0.2, 0.25) is 0 Å². The largest absolute Gasteiger partial charge is 0.444 e. The summed E-state index contributed by atoms with van der Waals surface area (Å²) in [5, 5.41) is 2.34. The molecule has 0 aromatic carbocycles. The van der Waals surface area contributed by atoms with Gasteiger partial charge in [-0.25, -0.2) is 9.18 Å². The predicted molar refractivity (Wildman–Crippen MR) is 64.8 cm³/mol. The monoisotopic (exact) mass is 252 g/mol. The second-order valence-electron chi connectivity index (χ2n) is 5.11. The molecule has 0 bridgehead atoms. The van der Waals surface area contributed by atoms with E-state index >= 15 is 0 Å². The van der Waals surface area contributed by atoms with E-state index in [0.717, 1.165) is 4.90 Å². The Bertz CT molecular complexity index is 421. The van der Waals surface area contributed by atoms with Gasteiger partial charge in [-0.15, -0.1) is 0 Å². The van der Waals surface area contributed by atoms with Crippen molar-refractivity contribution in [2.45, 2.75) is 58.3 Å². The summed E-state index contributed by atoms with van der Waals surface area (Å²) < 4.78 is 63.1. The van der Waals surface area contributed by atoms with Gasteiger partial charge in [0.05, 0.1) is 12.6 Å². The third kappa shape index (κ3) is 4.50. The Kier molecular flexibility index (Phi) is 2.32. The van der Waals surface area contributed by atoms with Crippen LogP contribution in [0.1, 0.15) is 42.7 Å². The van der Waals surface area contributed by atoms with Crippen LogP contribution in [0.3, 0.4) is 0 Å². The van der Waals surface area contributed by atoms with Crippen molar-refractivity contribution >= 4 is 6.09 Å². The molecule has 0 saturated carbocycles.